The lowest BCUT2D eigenvalue weighted by atomic mass is 9.77. The highest BCUT2D eigenvalue weighted by molar-refractivity contribution is 5.68. The maximum Gasteiger partial charge on any atom is 0.407 e. The normalized spacial score (nSPS) is 28.9. The molecule has 1 aliphatic carbocycles. The van der Waals surface area contributed by atoms with E-state index in [1.807, 2.05) is 20.8 Å². The van der Waals surface area contributed by atoms with Crippen LogP contribution in [0.1, 0.15) is 59.3 Å². The Balaban J connectivity index is 1.72. The van der Waals surface area contributed by atoms with Crippen molar-refractivity contribution in [3.05, 3.63) is 0 Å². The predicted molar refractivity (Wildman–Crippen MR) is 84.7 cm³/mol. The third-order valence-corrected chi connectivity index (χ3v) is 4.72. The van der Waals surface area contributed by atoms with Gasteiger partial charge in [-0.05, 0) is 71.1 Å². The summed E-state index contributed by atoms with van der Waals surface area (Å²) < 4.78 is 10.7. The topological polar surface area (TPSA) is 67.8 Å². The Hall–Kier alpha value is -0.810. The summed E-state index contributed by atoms with van der Waals surface area (Å²) in [5, 5.41) is 13.5. The summed E-state index contributed by atoms with van der Waals surface area (Å²) in [5.41, 5.74) is -0.458. The molecule has 1 saturated carbocycles. The Bertz CT molecular complexity index is 352. The van der Waals surface area contributed by atoms with Gasteiger partial charge in [0.15, 0.2) is 0 Å². The van der Waals surface area contributed by atoms with Gasteiger partial charge < -0.3 is 19.9 Å². The Labute approximate surface area is 133 Å². The molecule has 2 rings (SSSR count). The van der Waals surface area contributed by atoms with Crippen LogP contribution in [0.2, 0.25) is 0 Å². The molecule has 1 amide bonds. The van der Waals surface area contributed by atoms with Crippen molar-refractivity contribution in [3.63, 3.8) is 0 Å². The first-order valence-corrected chi connectivity index (χ1v) is 8.60. The van der Waals surface area contributed by atoms with Gasteiger partial charge in [-0.15, -0.1) is 0 Å². The molecule has 1 unspecified atom stereocenters. The molecule has 1 heterocycles. The Kier molecular flexibility index (Phi) is 6.09. The number of carbonyl (C=O) groups excluding carboxylic acids is 1. The smallest absolute Gasteiger partial charge is 0.407 e. The molecule has 0 aromatic rings. The van der Waals surface area contributed by atoms with Gasteiger partial charge in [0.05, 0.1) is 6.10 Å². The zero-order chi connectivity index (χ0) is 16.2. The van der Waals surface area contributed by atoms with Gasteiger partial charge in [-0.25, -0.2) is 4.79 Å². The van der Waals surface area contributed by atoms with E-state index in [1.165, 1.54) is 0 Å². The molecule has 0 spiro atoms. The number of hydrogen-bond donors (Lipinski definition) is 2. The molecule has 128 valence electrons. The standard InChI is InChI=1S/C17H31NO4/c1-17(2,3)22-16(20)18-14-6-4-12(5-7-14)15(19)13-8-10-21-11-9-13/h12-15,19H,4-11H2,1-3H3,(H,18,20)/t12-,14-,15?. The van der Waals surface area contributed by atoms with E-state index in [2.05, 4.69) is 5.32 Å². The minimum Gasteiger partial charge on any atom is -0.444 e. The van der Waals surface area contributed by atoms with Crippen molar-refractivity contribution in [3.8, 4) is 0 Å². The molecule has 22 heavy (non-hydrogen) atoms. The Morgan fingerprint density at radius 3 is 2.18 bits per heavy atom. The summed E-state index contributed by atoms with van der Waals surface area (Å²) >= 11 is 0. The lowest BCUT2D eigenvalue weighted by Gasteiger charge is -2.36. The maximum absolute atomic E-state index is 11.8. The van der Waals surface area contributed by atoms with Crippen molar-refractivity contribution in [1.29, 1.82) is 0 Å². The summed E-state index contributed by atoms with van der Waals surface area (Å²) in [6.07, 6.45) is 5.17. The van der Waals surface area contributed by atoms with Crippen LogP contribution >= 0.6 is 0 Å². The molecule has 1 atom stereocenters. The minimum absolute atomic E-state index is 0.174. The van der Waals surface area contributed by atoms with Crippen LogP contribution in [0, 0.1) is 11.8 Å². The number of carbonyl (C=O) groups is 1. The van der Waals surface area contributed by atoms with Crippen LogP contribution in [0.4, 0.5) is 4.79 Å². The molecule has 0 radical (unpaired) electrons. The molecule has 0 aromatic heterocycles. The van der Waals surface area contributed by atoms with E-state index in [0.717, 1.165) is 51.7 Å². The van der Waals surface area contributed by atoms with Crippen molar-refractivity contribution in [2.45, 2.75) is 77.0 Å². The second kappa shape index (κ2) is 7.64. The maximum atomic E-state index is 11.8. The van der Waals surface area contributed by atoms with E-state index in [-0.39, 0.29) is 18.2 Å². The van der Waals surface area contributed by atoms with E-state index >= 15 is 0 Å². The number of nitrogens with one attached hydrogen (secondary N) is 1. The zero-order valence-corrected chi connectivity index (χ0v) is 14.1. The van der Waals surface area contributed by atoms with Gasteiger partial charge in [-0.3, -0.25) is 0 Å². The van der Waals surface area contributed by atoms with Crippen molar-refractivity contribution in [1.82, 2.24) is 5.32 Å². The molecule has 0 bridgehead atoms. The highest BCUT2D eigenvalue weighted by Crippen LogP contribution is 2.33. The van der Waals surface area contributed by atoms with Gasteiger partial charge in [-0.2, -0.15) is 0 Å². The first-order chi connectivity index (χ1) is 10.3. The summed E-state index contributed by atoms with van der Waals surface area (Å²) in [6.45, 7) is 7.16. The van der Waals surface area contributed by atoms with Gasteiger partial charge in [0.1, 0.15) is 5.60 Å². The molecule has 5 heteroatoms. The lowest BCUT2D eigenvalue weighted by Crippen LogP contribution is -2.43. The second-order valence-corrected chi connectivity index (χ2v) is 7.70. The van der Waals surface area contributed by atoms with Crippen LogP contribution in [0.25, 0.3) is 0 Å². The number of hydrogen-bond acceptors (Lipinski definition) is 4. The van der Waals surface area contributed by atoms with Crippen molar-refractivity contribution < 1.29 is 19.4 Å². The van der Waals surface area contributed by atoms with Gasteiger partial charge in [-0.1, -0.05) is 0 Å². The van der Waals surface area contributed by atoms with Gasteiger partial charge in [0, 0.05) is 19.3 Å². The summed E-state index contributed by atoms with van der Waals surface area (Å²) in [6, 6.07) is 0.174. The highest BCUT2D eigenvalue weighted by atomic mass is 16.6. The molecule has 1 saturated heterocycles. The Morgan fingerprint density at radius 2 is 1.64 bits per heavy atom. The monoisotopic (exact) mass is 313 g/mol. The third kappa shape index (κ3) is 5.43. The van der Waals surface area contributed by atoms with E-state index in [4.69, 9.17) is 9.47 Å². The molecule has 2 aliphatic rings. The van der Waals surface area contributed by atoms with Crippen molar-refractivity contribution >= 4 is 6.09 Å². The Morgan fingerprint density at radius 1 is 1.09 bits per heavy atom. The van der Waals surface area contributed by atoms with Crippen molar-refractivity contribution in [2.75, 3.05) is 13.2 Å². The average molecular weight is 313 g/mol. The van der Waals surface area contributed by atoms with Crippen LogP contribution in [-0.4, -0.2) is 42.2 Å². The predicted octanol–water partition coefficient (Wildman–Crippen LogP) is 2.86. The third-order valence-electron chi connectivity index (χ3n) is 4.72. The number of amides is 1. The van der Waals surface area contributed by atoms with Crippen LogP contribution in [-0.2, 0) is 9.47 Å². The zero-order valence-electron chi connectivity index (χ0n) is 14.1. The van der Waals surface area contributed by atoms with E-state index in [1.54, 1.807) is 0 Å². The SMILES string of the molecule is CC(C)(C)OC(=O)N[C@H]1CC[C@H](C(O)C2CCOCC2)CC1. The first-order valence-electron chi connectivity index (χ1n) is 8.60. The van der Waals surface area contributed by atoms with Gasteiger partial charge in [0.25, 0.3) is 0 Å². The van der Waals surface area contributed by atoms with Gasteiger partial charge in [0.2, 0.25) is 0 Å². The average Bonchev–Trinajstić information content (AvgIpc) is 2.46. The molecule has 2 fully saturated rings. The van der Waals surface area contributed by atoms with Crippen LogP contribution in [0.3, 0.4) is 0 Å². The van der Waals surface area contributed by atoms with E-state index < -0.39 is 5.60 Å². The fraction of sp³-hybridized carbons (Fsp3) is 0.941. The minimum atomic E-state index is -0.458. The number of rotatable bonds is 3. The largest absolute Gasteiger partial charge is 0.444 e. The fourth-order valence-corrected chi connectivity index (χ4v) is 3.52. The first kappa shape index (κ1) is 17.5. The fourth-order valence-electron chi connectivity index (χ4n) is 3.52. The quantitative estimate of drug-likeness (QED) is 0.841. The highest BCUT2D eigenvalue weighted by Gasteiger charge is 2.33. The summed E-state index contributed by atoms with van der Waals surface area (Å²) in [4.78, 5) is 11.8. The summed E-state index contributed by atoms with van der Waals surface area (Å²) in [5.74, 6) is 0.744. The molecule has 0 aromatic carbocycles. The molecule has 5 nitrogen and oxygen atoms in total. The van der Waals surface area contributed by atoms with Crippen LogP contribution in [0.15, 0.2) is 0 Å². The van der Waals surface area contributed by atoms with Crippen LogP contribution in [0.5, 0.6) is 0 Å². The molecule has 1 aliphatic heterocycles. The lowest BCUT2D eigenvalue weighted by molar-refractivity contribution is -0.0270. The van der Waals surface area contributed by atoms with Crippen molar-refractivity contribution in [2.24, 2.45) is 11.8 Å². The number of aliphatic hydroxyl groups excluding tert-OH is 1. The second-order valence-electron chi connectivity index (χ2n) is 7.70. The number of ether oxygens (including phenoxy) is 2. The van der Waals surface area contributed by atoms with E-state index in [9.17, 15) is 9.90 Å². The van der Waals surface area contributed by atoms with Gasteiger partial charge >= 0.3 is 6.09 Å². The van der Waals surface area contributed by atoms with E-state index in [0.29, 0.717) is 11.8 Å². The van der Waals surface area contributed by atoms with Crippen LogP contribution < -0.4 is 5.32 Å². The molecular weight excluding hydrogens is 282 g/mol. The summed E-state index contributed by atoms with van der Waals surface area (Å²) in [7, 11) is 0. The molecular formula is C17H31NO4. The number of aliphatic hydroxyl groups is 1. The number of alkyl carbamates (subject to hydrolysis) is 1. The molecule has 2 N–H and O–H groups in total.